The first-order valence-electron chi connectivity index (χ1n) is 7.34. The zero-order valence-electron chi connectivity index (χ0n) is 13.5. The number of amides is 1. The van der Waals surface area contributed by atoms with Gasteiger partial charge in [0.15, 0.2) is 6.61 Å². The molecule has 0 spiro atoms. The van der Waals surface area contributed by atoms with Gasteiger partial charge in [-0.15, -0.1) is 0 Å². The molecule has 0 aliphatic heterocycles. The Kier molecular flexibility index (Phi) is 6.05. The number of carbonyl (C=O) groups is 1. The van der Waals surface area contributed by atoms with Gasteiger partial charge in [-0.25, -0.2) is 0 Å². The van der Waals surface area contributed by atoms with E-state index in [1.54, 1.807) is 0 Å². The van der Waals surface area contributed by atoms with Crippen molar-refractivity contribution >= 4 is 5.91 Å². The maximum atomic E-state index is 11.9. The van der Waals surface area contributed by atoms with Gasteiger partial charge in [0.2, 0.25) is 0 Å². The first-order chi connectivity index (χ1) is 9.31. The van der Waals surface area contributed by atoms with E-state index < -0.39 is 0 Å². The first-order valence-corrected chi connectivity index (χ1v) is 7.34. The normalized spacial score (nSPS) is 12.6. The highest BCUT2D eigenvalue weighted by Gasteiger charge is 2.13. The molecule has 0 heterocycles. The summed E-state index contributed by atoms with van der Waals surface area (Å²) in [6.07, 6.45) is 0. The molecule has 112 valence electrons. The average molecular weight is 277 g/mol. The molecule has 0 bridgehead atoms. The number of aryl methyl sites for hydroxylation is 1. The van der Waals surface area contributed by atoms with Crippen LogP contribution in [0.15, 0.2) is 18.2 Å². The summed E-state index contributed by atoms with van der Waals surface area (Å²) >= 11 is 0. The summed E-state index contributed by atoms with van der Waals surface area (Å²) in [5.41, 5.74) is 2.28. The SMILES string of the molecule is Cc1ccc(C(C)C)c(OCC(=O)NC(C)C(C)C)c1. The number of nitrogens with one attached hydrogen (secondary N) is 1. The minimum atomic E-state index is -0.0672. The van der Waals surface area contributed by atoms with E-state index in [2.05, 4.69) is 45.1 Å². The molecule has 0 aliphatic carbocycles. The van der Waals surface area contributed by atoms with Crippen LogP contribution in [0.5, 0.6) is 5.75 Å². The number of rotatable bonds is 6. The van der Waals surface area contributed by atoms with E-state index in [1.165, 1.54) is 0 Å². The molecule has 1 amide bonds. The molecule has 1 atom stereocenters. The Labute approximate surface area is 122 Å². The van der Waals surface area contributed by atoms with E-state index in [1.807, 2.05) is 19.9 Å². The third-order valence-electron chi connectivity index (χ3n) is 3.54. The van der Waals surface area contributed by atoms with E-state index in [4.69, 9.17) is 4.74 Å². The molecule has 20 heavy (non-hydrogen) atoms. The van der Waals surface area contributed by atoms with Crippen LogP contribution >= 0.6 is 0 Å². The maximum Gasteiger partial charge on any atom is 0.258 e. The summed E-state index contributed by atoms with van der Waals surface area (Å²) < 4.78 is 5.71. The van der Waals surface area contributed by atoms with Crippen LogP contribution in [0.4, 0.5) is 0 Å². The van der Waals surface area contributed by atoms with Crippen molar-refractivity contribution in [1.29, 1.82) is 0 Å². The predicted octanol–water partition coefficient (Wildman–Crippen LogP) is 3.66. The van der Waals surface area contributed by atoms with Crippen LogP contribution in [0.25, 0.3) is 0 Å². The molecule has 1 N–H and O–H groups in total. The van der Waals surface area contributed by atoms with Crippen LogP contribution in [-0.2, 0) is 4.79 Å². The zero-order chi connectivity index (χ0) is 15.3. The Bertz CT molecular complexity index is 452. The summed E-state index contributed by atoms with van der Waals surface area (Å²) in [6.45, 7) is 12.5. The lowest BCUT2D eigenvalue weighted by Gasteiger charge is -2.19. The lowest BCUT2D eigenvalue weighted by Crippen LogP contribution is -2.39. The molecule has 0 saturated heterocycles. The number of ether oxygens (including phenoxy) is 1. The van der Waals surface area contributed by atoms with E-state index in [9.17, 15) is 4.79 Å². The number of benzene rings is 1. The smallest absolute Gasteiger partial charge is 0.258 e. The van der Waals surface area contributed by atoms with Crippen LogP contribution in [0.2, 0.25) is 0 Å². The Morgan fingerprint density at radius 1 is 1.20 bits per heavy atom. The van der Waals surface area contributed by atoms with Crippen LogP contribution in [-0.4, -0.2) is 18.6 Å². The molecule has 0 aromatic heterocycles. The summed E-state index contributed by atoms with van der Waals surface area (Å²) in [6, 6.07) is 6.30. The second-order valence-electron chi connectivity index (χ2n) is 6.08. The molecule has 1 rings (SSSR count). The minimum Gasteiger partial charge on any atom is -0.483 e. The molecule has 0 saturated carbocycles. The Morgan fingerprint density at radius 2 is 1.85 bits per heavy atom. The standard InChI is InChI=1S/C17H27NO2/c1-11(2)14(6)18-17(19)10-20-16-9-13(5)7-8-15(16)12(3)4/h7-9,11-12,14H,10H2,1-6H3,(H,18,19). The third kappa shape index (κ3) is 4.87. The average Bonchev–Trinajstić information content (AvgIpc) is 2.35. The van der Waals surface area contributed by atoms with Crippen molar-refractivity contribution in [3.8, 4) is 5.75 Å². The Morgan fingerprint density at radius 3 is 2.40 bits per heavy atom. The quantitative estimate of drug-likeness (QED) is 0.861. The Hall–Kier alpha value is -1.51. The molecule has 0 aliphatic rings. The van der Waals surface area contributed by atoms with E-state index in [0.29, 0.717) is 11.8 Å². The highest BCUT2D eigenvalue weighted by Crippen LogP contribution is 2.27. The highest BCUT2D eigenvalue weighted by molar-refractivity contribution is 5.77. The Balaban J connectivity index is 2.65. The summed E-state index contributed by atoms with van der Waals surface area (Å²) in [5.74, 6) is 1.54. The minimum absolute atomic E-state index is 0.0672. The molecule has 3 heteroatoms. The van der Waals surface area contributed by atoms with Crippen LogP contribution in [0.1, 0.15) is 51.7 Å². The van der Waals surface area contributed by atoms with Gasteiger partial charge in [-0.05, 0) is 42.9 Å². The van der Waals surface area contributed by atoms with Crippen LogP contribution < -0.4 is 10.1 Å². The van der Waals surface area contributed by atoms with Gasteiger partial charge >= 0.3 is 0 Å². The summed E-state index contributed by atoms with van der Waals surface area (Å²) in [7, 11) is 0. The molecule has 1 aromatic rings. The third-order valence-corrected chi connectivity index (χ3v) is 3.54. The maximum absolute atomic E-state index is 11.9. The molecule has 0 fully saturated rings. The fraction of sp³-hybridized carbons (Fsp3) is 0.588. The van der Waals surface area contributed by atoms with Crippen molar-refractivity contribution in [2.45, 2.75) is 53.5 Å². The topological polar surface area (TPSA) is 38.3 Å². The number of hydrogen-bond acceptors (Lipinski definition) is 2. The molecular weight excluding hydrogens is 250 g/mol. The lowest BCUT2D eigenvalue weighted by atomic mass is 10.0. The fourth-order valence-electron chi connectivity index (χ4n) is 1.85. The van der Waals surface area contributed by atoms with Crippen molar-refractivity contribution in [2.24, 2.45) is 5.92 Å². The van der Waals surface area contributed by atoms with Gasteiger partial charge < -0.3 is 10.1 Å². The largest absolute Gasteiger partial charge is 0.483 e. The highest BCUT2D eigenvalue weighted by atomic mass is 16.5. The molecule has 1 unspecified atom stereocenters. The first kappa shape index (κ1) is 16.5. The van der Waals surface area contributed by atoms with Crippen molar-refractivity contribution in [3.63, 3.8) is 0 Å². The lowest BCUT2D eigenvalue weighted by molar-refractivity contribution is -0.124. The molecule has 1 aromatic carbocycles. The van der Waals surface area contributed by atoms with Crippen molar-refractivity contribution in [3.05, 3.63) is 29.3 Å². The van der Waals surface area contributed by atoms with Gasteiger partial charge in [0.05, 0.1) is 0 Å². The number of carbonyl (C=O) groups excluding carboxylic acids is 1. The van der Waals surface area contributed by atoms with Gasteiger partial charge in [-0.1, -0.05) is 39.8 Å². The molecule has 3 nitrogen and oxygen atoms in total. The fourth-order valence-corrected chi connectivity index (χ4v) is 1.85. The summed E-state index contributed by atoms with van der Waals surface area (Å²) in [4.78, 5) is 11.9. The van der Waals surface area contributed by atoms with Crippen LogP contribution in [0.3, 0.4) is 0 Å². The van der Waals surface area contributed by atoms with Crippen LogP contribution in [0, 0.1) is 12.8 Å². The van der Waals surface area contributed by atoms with Gasteiger partial charge in [0.25, 0.3) is 5.91 Å². The van der Waals surface area contributed by atoms with Crippen molar-refractivity contribution in [2.75, 3.05) is 6.61 Å². The monoisotopic (exact) mass is 277 g/mol. The second-order valence-corrected chi connectivity index (χ2v) is 6.08. The van der Waals surface area contributed by atoms with E-state index >= 15 is 0 Å². The van der Waals surface area contributed by atoms with Gasteiger partial charge in [0, 0.05) is 6.04 Å². The van der Waals surface area contributed by atoms with Crippen molar-refractivity contribution in [1.82, 2.24) is 5.32 Å². The van der Waals surface area contributed by atoms with E-state index in [-0.39, 0.29) is 18.6 Å². The predicted molar refractivity (Wildman–Crippen MR) is 83.2 cm³/mol. The molecule has 0 radical (unpaired) electrons. The number of hydrogen-bond donors (Lipinski definition) is 1. The van der Waals surface area contributed by atoms with Gasteiger partial charge in [-0.3, -0.25) is 4.79 Å². The van der Waals surface area contributed by atoms with Gasteiger partial charge in [-0.2, -0.15) is 0 Å². The van der Waals surface area contributed by atoms with Gasteiger partial charge in [0.1, 0.15) is 5.75 Å². The molecular formula is C17H27NO2. The van der Waals surface area contributed by atoms with E-state index in [0.717, 1.165) is 16.9 Å². The summed E-state index contributed by atoms with van der Waals surface area (Å²) in [5, 5.41) is 2.95. The second kappa shape index (κ2) is 7.32. The van der Waals surface area contributed by atoms with Crippen molar-refractivity contribution < 1.29 is 9.53 Å². The zero-order valence-corrected chi connectivity index (χ0v) is 13.5.